The van der Waals surface area contributed by atoms with Crippen molar-refractivity contribution in [2.75, 3.05) is 13.1 Å². The van der Waals surface area contributed by atoms with Crippen LogP contribution in [0.1, 0.15) is 31.2 Å². The van der Waals surface area contributed by atoms with E-state index in [-0.39, 0.29) is 36.5 Å². The van der Waals surface area contributed by atoms with Crippen molar-refractivity contribution in [3.63, 3.8) is 0 Å². The van der Waals surface area contributed by atoms with E-state index in [0.717, 1.165) is 37.6 Å². The number of nitrogens with zero attached hydrogens (tertiary/aromatic N) is 1. The molecule has 2 aliphatic carbocycles. The van der Waals surface area contributed by atoms with Gasteiger partial charge >= 0.3 is 5.97 Å². The standard InChI is InChI=1S/C18H22F2N2O3/c19-13-3-4-16(20)12(5-13)6-17(23)21-14-7-15(8-14)22(10-18(24)25)9-11-1-2-11/h3-5,11,14-15H,1-2,6-10H2,(H,21,23)(H,24,25). The number of carboxylic acids is 1. The predicted octanol–water partition coefficient (Wildman–Crippen LogP) is 1.95. The quantitative estimate of drug-likeness (QED) is 0.750. The van der Waals surface area contributed by atoms with Gasteiger partial charge in [-0.25, -0.2) is 8.78 Å². The SMILES string of the molecule is O=C(O)CN(CC1CC1)C1CC(NC(=O)Cc2cc(F)ccc2F)C1. The lowest BCUT2D eigenvalue weighted by Gasteiger charge is -2.42. The van der Waals surface area contributed by atoms with Crippen LogP contribution in [0.5, 0.6) is 0 Å². The fraction of sp³-hybridized carbons (Fsp3) is 0.556. The summed E-state index contributed by atoms with van der Waals surface area (Å²) in [4.78, 5) is 25.0. The van der Waals surface area contributed by atoms with E-state index in [2.05, 4.69) is 5.32 Å². The molecule has 1 amide bonds. The Morgan fingerprint density at radius 1 is 1.24 bits per heavy atom. The first-order valence-corrected chi connectivity index (χ1v) is 8.60. The third kappa shape index (κ3) is 4.98. The molecule has 0 unspecified atom stereocenters. The van der Waals surface area contributed by atoms with E-state index >= 15 is 0 Å². The summed E-state index contributed by atoms with van der Waals surface area (Å²) in [6, 6.07) is 3.18. The van der Waals surface area contributed by atoms with Crippen LogP contribution < -0.4 is 5.32 Å². The van der Waals surface area contributed by atoms with Crippen LogP contribution in [-0.4, -0.2) is 47.1 Å². The Labute approximate surface area is 145 Å². The molecule has 2 saturated carbocycles. The second-order valence-corrected chi connectivity index (χ2v) is 7.07. The molecule has 5 nitrogen and oxygen atoms in total. The molecular formula is C18H22F2N2O3. The van der Waals surface area contributed by atoms with Crippen molar-refractivity contribution in [2.45, 2.75) is 44.2 Å². The molecule has 0 heterocycles. The predicted molar refractivity (Wildman–Crippen MR) is 86.9 cm³/mol. The summed E-state index contributed by atoms with van der Waals surface area (Å²) in [6.45, 7) is 0.822. The number of nitrogens with one attached hydrogen (secondary N) is 1. The van der Waals surface area contributed by atoms with Crippen molar-refractivity contribution >= 4 is 11.9 Å². The van der Waals surface area contributed by atoms with Gasteiger partial charge in [-0.1, -0.05) is 0 Å². The normalized spacial score (nSPS) is 22.5. The van der Waals surface area contributed by atoms with Crippen LogP contribution in [0.2, 0.25) is 0 Å². The van der Waals surface area contributed by atoms with Crippen molar-refractivity contribution in [1.29, 1.82) is 0 Å². The van der Waals surface area contributed by atoms with Crippen LogP contribution >= 0.6 is 0 Å². The van der Waals surface area contributed by atoms with Gasteiger partial charge in [0.25, 0.3) is 0 Å². The molecule has 2 aliphatic rings. The Bertz CT molecular complexity index is 658. The summed E-state index contributed by atoms with van der Waals surface area (Å²) < 4.78 is 26.7. The van der Waals surface area contributed by atoms with Crippen LogP contribution in [0.4, 0.5) is 8.78 Å². The summed E-state index contributed by atoms with van der Waals surface area (Å²) in [5.74, 6) is -1.75. The molecule has 0 radical (unpaired) electrons. The van der Waals surface area contributed by atoms with E-state index < -0.39 is 17.6 Å². The molecule has 0 atom stereocenters. The first kappa shape index (κ1) is 17.8. The highest BCUT2D eigenvalue weighted by Crippen LogP contribution is 2.33. The zero-order valence-corrected chi connectivity index (χ0v) is 13.9. The zero-order chi connectivity index (χ0) is 18.0. The first-order valence-electron chi connectivity index (χ1n) is 8.60. The monoisotopic (exact) mass is 352 g/mol. The highest BCUT2D eigenvalue weighted by Gasteiger charge is 2.37. The summed E-state index contributed by atoms with van der Waals surface area (Å²) >= 11 is 0. The lowest BCUT2D eigenvalue weighted by molar-refractivity contribution is -0.140. The number of hydrogen-bond donors (Lipinski definition) is 2. The molecule has 1 aromatic carbocycles. The molecule has 3 rings (SSSR count). The minimum atomic E-state index is -0.838. The van der Waals surface area contributed by atoms with Crippen LogP contribution in [0.3, 0.4) is 0 Å². The van der Waals surface area contributed by atoms with Crippen molar-refractivity contribution < 1.29 is 23.5 Å². The second-order valence-electron chi connectivity index (χ2n) is 7.07. The van der Waals surface area contributed by atoms with Gasteiger partial charge in [-0.15, -0.1) is 0 Å². The van der Waals surface area contributed by atoms with Crippen LogP contribution in [0.25, 0.3) is 0 Å². The number of carbonyl (C=O) groups is 2. The maximum Gasteiger partial charge on any atom is 0.317 e. The Hall–Kier alpha value is -2.02. The van der Waals surface area contributed by atoms with Gasteiger partial charge in [0.2, 0.25) is 5.91 Å². The minimum Gasteiger partial charge on any atom is -0.480 e. The first-order chi connectivity index (χ1) is 11.9. The average Bonchev–Trinajstić information content (AvgIpc) is 3.29. The lowest BCUT2D eigenvalue weighted by Crippen LogP contribution is -2.55. The molecule has 0 aliphatic heterocycles. The van der Waals surface area contributed by atoms with Crippen LogP contribution in [0, 0.1) is 17.6 Å². The highest BCUT2D eigenvalue weighted by molar-refractivity contribution is 5.79. The number of halogens is 2. The molecular weight excluding hydrogens is 330 g/mol. The molecule has 0 spiro atoms. The maximum atomic E-state index is 13.6. The van der Waals surface area contributed by atoms with Crippen molar-refractivity contribution in [1.82, 2.24) is 10.2 Å². The van der Waals surface area contributed by atoms with E-state index in [1.807, 2.05) is 4.90 Å². The second kappa shape index (κ2) is 7.47. The van der Waals surface area contributed by atoms with E-state index in [0.29, 0.717) is 18.8 Å². The molecule has 0 aromatic heterocycles. The average molecular weight is 352 g/mol. The summed E-state index contributed by atoms with van der Waals surface area (Å²) in [5.41, 5.74) is 0.0367. The molecule has 136 valence electrons. The summed E-state index contributed by atoms with van der Waals surface area (Å²) in [5, 5.41) is 11.8. The smallest absolute Gasteiger partial charge is 0.317 e. The van der Waals surface area contributed by atoms with Crippen molar-refractivity contribution in [3.05, 3.63) is 35.4 Å². The number of benzene rings is 1. The van der Waals surface area contributed by atoms with Gasteiger partial charge in [0.05, 0.1) is 13.0 Å². The van der Waals surface area contributed by atoms with Gasteiger partial charge in [-0.3, -0.25) is 14.5 Å². The Morgan fingerprint density at radius 3 is 2.60 bits per heavy atom. The number of amides is 1. The molecule has 0 saturated heterocycles. The van der Waals surface area contributed by atoms with Crippen LogP contribution in [0.15, 0.2) is 18.2 Å². The van der Waals surface area contributed by atoms with E-state index in [1.165, 1.54) is 0 Å². The minimum absolute atomic E-state index is 0.0241. The lowest BCUT2D eigenvalue weighted by atomic mass is 9.85. The molecule has 2 fully saturated rings. The number of carbonyl (C=O) groups excluding carboxylic acids is 1. The zero-order valence-electron chi connectivity index (χ0n) is 13.9. The molecule has 2 N–H and O–H groups in total. The Morgan fingerprint density at radius 2 is 1.96 bits per heavy atom. The maximum absolute atomic E-state index is 13.6. The van der Waals surface area contributed by atoms with Gasteiger partial charge in [-0.2, -0.15) is 0 Å². The third-order valence-corrected chi connectivity index (χ3v) is 4.88. The Kier molecular flexibility index (Phi) is 5.32. The number of carboxylic acid groups (broad SMARTS) is 1. The van der Waals surface area contributed by atoms with Gasteiger partial charge in [0.1, 0.15) is 11.6 Å². The van der Waals surface area contributed by atoms with Crippen molar-refractivity contribution in [2.24, 2.45) is 5.92 Å². The number of rotatable bonds is 8. The fourth-order valence-corrected chi connectivity index (χ4v) is 3.28. The van der Waals surface area contributed by atoms with Gasteiger partial charge in [0, 0.05) is 24.2 Å². The van der Waals surface area contributed by atoms with E-state index in [4.69, 9.17) is 5.11 Å². The van der Waals surface area contributed by atoms with Crippen molar-refractivity contribution in [3.8, 4) is 0 Å². The highest BCUT2D eigenvalue weighted by atomic mass is 19.1. The van der Waals surface area contributed by atoms with E-state index in [1.54, 1.807) is 0 Å². The van der Waals surface area contributed by atoms with Gasteiger partial charge in [-0.05, 0) is 49.8 Å². The summed E-state index contributed by atoms with van der Waals surface area (Å²) in [7, 11) is 0. The van der Waals surface area contributed by atoms with E-state index in [9.17, 15) is 18.4 Å². The van der Waals surface area contributed by atoms with Crippen LogP contribution in [-0.2, 0) is 16.0 Å². The Balaban J connectivity index is 1.46. The third-order valence-electron chi connectivity index (χ3n) is 4.88. The van der Waals surface area contributed by atoms with Gasteiger partial charge in [0.15, 0.2) is 0 Å². The number of hydrogen-bond acceptors (Lipinski definition) is 3. The number of aliphatic carboxylic acids is 1. The molecule has 1 aromatic rings. The van der Waals surface area contributed by atoms with Gasteiger partial charge < -0.3 is 10.4 Å². The summed E-state index contributed by atoms with van der Waals surface area (Å²) in [6.07, 6.45) is 3.49. The topological polar surface area (TPSA) is 69.6 Å². The molecule has 7 heteroatoms. The molecule has 0 bridgehead atoms. The molecule has 25 heavy (non-hydrogen) atoms. The fourth-order valence-electron chi connectivity index (χ4n) is 3.28. The largest absolute Gasteiger partial charge is 0.480 e.